The number of carbonyl (C=O) groups excluding carboxylic acids is 1. The second-order valence-corrected chi connectivity index (χ2v) is 6.52. The highest BCUT2D eigenvalue weighted by Gasteiger charge is 2.25. The Bertz CT molecular complexity index is 690. The lowest BCUT2D eigenvalue weighted by molar-refractivity contribution is 0.0617. The van der Waals surface area contributed by atoms with E-state index in [9.17, 15) is 9.18 Å². The third-order valence-corrected chi connectivity index (χ3v) is 4.63. The SMILES string of the molecule is Cn1ncc(Br)c1C(=O)N1CCN(Cc2cccc(F)c2)CC1. The van der Waals surface area contributed by atoms with Crippen LogP contribution in [-0.2, 0) is 13.6 Å². The van der Waals surface area contributed by atoms with Crippen LogP contribution in [0, 0.1) is 5.82 Å². The number of nitrogens with zero attached hydrogens (tertiary/aromatic N) is 4. The Morgan fingerprint density at radius 1 is 1.30 bits per heavy atom. The molecule has 1 aromatic heterocycles. The van der Waals surface area contributed by atoms with Crippen molar-refractivity contribution in [2.45, 2.75) is 6.54 Å². The molecule has 1 aliphatic rings. The van der Waals surface area contributed by atoms with Crippen LogP contribution < -0.4 is 0 Å². The molecule has 1 amide bonds. The topological polar surface area (TPSA) is 41.4 Å². The van der Waals surface area contributed by atoms with Crippen LogP contribution in [0.1, 0.15) is 16.1 Å². The molecule has 3 rings (SSSR count). The zero-order valence-corrected chi connectivity index (χ0v) is 14.5. The van der Waals surface area contributed by atoms with Crippen molar-refractivity contribution in [3.63, 3.8) is 0 Å². The Morgan fingerprint density at radius 3 is 2.65 bits per heavy atom. The summed E-state index contributed by atoms with van der Waals surface area (Å²) in [7, 11) is 1.76. The Kier molecular flexibility index (Phi) is 4.77. The van der Waals surface area contributed by atoms with Crippen LogP contribution in [0.5, 0.6) is 0 Å². The van der Waals surface area contributed by atoms with E-state index < -0.39 is 0 Å². The lowest BCUT2D eigenvalue weighted by Gasteiger charge is -2.34. The molecule has 23 heavy (non-hydrogen) atoms. The molecule has 0 N–H and O–H groups in total. The number of halogens is 2. The molecular weight excluding hydrogens is 363 g/mol. The highest BCUT2D eigenvalue weighted by molar-refractivity contribution is 9.10. The molecule has 0 bridgehead atoms. The summed E-state index contributed by atoms with van der Waals surface area (Å²) in [4.78, 5) is 16.6. The van der Waals surface area contributed by atoms with Gasteiger partial charge in [-0.25, -0.2) is 4.39 Å². The third-order valence-electron chi connectivity index (χ3n) is 4.05. The van der Waals surface area contributed by atoms with Crippen molar-refractivity contribution < 1.29 is 9.18 Å². The van der Waals surface area contributed by atoms with Gasteiger partial charge in [-0.3, -0.25) is 14.4 Å². The summed E-state index contributed by atoms with van der Waals surface area (Å²) in [6.07, 6.45) is 1.63. The van der Waals surface area contributed by atoms with Gasteiger partial charge in [-0.15, -0.1) is 0 Å². The number of amides is 1. The van der Waals surface area contributed by atoms with Crippen LogP contribution in [0.3, 0.4) is 0 Å². The van der Waals surface area contributed by atoms with Crippen molar-refractivity contribution in [3.05, 3.63) is 52.0 Å². The fourth-order valence-corrected chi connectivity index (χ4v) is 3.32. The van der Waals surface area contributed by atoms with E-state index >= 15 is 0 Å². The smallest absolute Gasteiger partial charge is 0.273 e. The number of rotatable bonds is 3. The van der Waals surface area contributed by atoms with Gasteiger partial charge < -0.3 is 4.90 Å². The standard InChI is InChI=1S/C16H18BrFN4O/c1-20-15(14(17)10-19-20)16(23)22-7-5-21(6-8-22)11-12-3-2-4-13(18)9-12/h2-4,9-10H,5-8,11H2,1H3. The maximum absolute atomic E-state index is 13.2. The second-order valence-electron chi connectivity index (χ2n) is 5.66. The quantitative estimate of drug-likeness (QED) is 0.819. The molecule has 2 heterocycles. The third kappa shape index (κ3) is 3.61. The molecule has 0 aliphatic carbocycles. The maximum Gasteiger partial charge on any atom is 0.273 e. The van der Waals surface area contributed by atoms with Crippen LogP contribution >= 0.6 is 15.9 Å². The predicted molar refractivity (Wildman–Crippen MR) is 88.5 cm³/mol. The van der Waals surface area contributed by atoms with E-state index in [2.05, 4.69) is 25.9 Å². The summed E-state index contributed by atoms with van der Waals surface area (Å²) in [5.41, 5.74) is 1.53. The highest BCUT2D eigenvalue weighted by Crippen LogP contribution is 2.18. The molecule has 0 unspecified atom stereocenters. The first-order chi connectivity index (χ1) is 11.0. The van der Waals surface area contributed by atoms with Gasteiger partial charge in [0.2, 0.25) is 0 Å². The molecule has 1 aliphatic heterocycles. The van der Waals surface area contributed by atoms with E-state index in [1.54, 1.807) is 30.1 Å². The van der Waals surface area contributed by atoms with E-state index in [1.807, 2.05) is 11.0 Å². The summed E-state index contributed by atoms with van der Waals surface area (Å²) >= 11 is 3.37. The van der Waals surface area contributed by atoms with Gasteiger partial charge in [0.05, 0.1) is 10.7 Å². The predicted octanol–water partition coefficient (Wildman–Crippen LogP) is 2.28. The van der Waals surface area contributed by atoms with Crippen molar-refractivity contribution in [1.29, 1.82) is 0 Å². The van der Waals surface area contributed by atoms with Gasteiger partial charge >= 0.3 is 0 Å². The molecule has 0 spiro atoms. The molecule has 1 fully saturated rings. The normalized spacial score (nSPS) is 15.9. The number of carbonyl (C=O) groups is 1. The molecule has 5 nitrogen and oxygen atoms in total. The molecular formula is C16H18BrFN4O. The van der Waals surface area contributed by atoms with Crippen molar-refractivity contribution in [2.24, 2.45) is 7.05 Å². The van der Waals surface area contributed by atoms with E-state index in [0.717, 1.165) is 18.7 Å². The summed E-state index contributed by atoms with van der Waals surface area (Å²) in [6, 6.07) is 6.66. The minimum Gasteiger partial charge on any atom is -0.335 e. The average molecular weight is 381 g/mol. The van der Waals surface area contributed by atoms with Crippen LogP contribution in [0.4, 0.5) is 4.39 Å². The lowest BCUT2D eigenvalue weighted by Crippen LogP contribution is -2.48. The summed E-state index contributed by atoms with van der Waals surface area (Å²) in [6.45, 7) is 3.57. The Morgan fingerprint density at radius 2 is 2.04 bits per heavy atom. The van der Waals surface area contributed by atoms with Gasteiger partial charge in [-0.2, -0.15) is 5.10 Å². The Hall–Kier alpha value is -1.73. The Labute approximate surface area is 142 Å². The number of hydrogen-bond donors (Lipinski definition) is 0. The molecule has 122 valence electrons. The average Bonchev–Trinajstić information content (AvgIpc) is 2.86. The largest absolute Gasteiger partial charge is 0.335 e. The van der Waals surface area contributed by atoms with E-state index in [4.69, 9.17) is 0 Å². The molecule has 0 saturated carbocycles. The van der Waals surface area contributed by atoms with Crippen molar-refractivity contribution in [2.75, 3.05) is 26.2 Å². The minimum atomic E-state index is -0.211. The number of hydrogen-bond acceptors (Lipinski definition) is 3. The van der Waals surface area contributed by atoms with Gasteiger partial charge in [0, 0.05) is 39.8 Å². The van der Waals surface area contributed by atoms with Crippen LogP contribution in [0.25, 0.3) is 0 Å². The minimum absolute atomic E-state index is 0.0118. The first-order valence-corrected chi connectivity index (χ1v) is 8.27. The van der Waals surface area contributed by atoms with Crippen molar-refractivity contribution in [1.82, 2.24) is 19.6 Å². The zero-order chi connectivity index (χ0) is 16.4. The van der Waals surface area contributed by atoms with E-state index in [0.29, 0.717) is 29.8 Å². The van der Waals surface area contributed by atoms with Gasteiger partial charge in [0.1, 0.15) is 11.5 Å². The molecule has 0 radical (unpaired) electrons. The maximum atomic E-state index is 13.2. The van der Waals surface area contributed by atoms with E-state index in [-0.39, 0.29) is 11.7 Å². The number of benzene rings is 1. The lowest BCUT2D eigenvalue weighted by atomic mass is 10.2. The monoisotopic (exact) mass is 380 g/mol. The second kappa shape index (κ2) is 6.80. The molecule has 1 aromatic carbocycles. The fraction of sp³-hybridized carbons (Fsp3) is 0.375. The summed E-state index contributed by atoms with van der Waals surface area (Å²) in [5.74, 6) is -0.223. The van der Waals surface area contributed by atoms with E-state index in [1.165, 1.54) is 6.07 Å². The number of aromatic nitrogens is 2. The first kappa shape index (κ1) is 16.1. The molecule has 7 heteroatoms. The van der Waals surface area contributed by atoms with Crippen LogP contribution in [0.2, 0.25) is 0 Å². The molecule has 1 saturated heterocycles. The van der Waals surface area contributed by atoms with Crippen LogP contribution in [0.15, 0.2) is 34.9 Å². The summed E-state index contributed by atoms with van der Waals surface area (Å²) in [5, 5.41) is 4.09. The highest BCUT2D eigenvalue weighted by atomic mass is 79.9. The van der Waals surface area contributed by atoms with Gasteiger partial charge in [0.15, 0.2) is 0 Å². The number of piperazine rings is 1. The molecule has 2 aromatic rings. The van der Waals surface area contributed by atoms with Gasteiger partial charge in [-0.05, 0) is 33.6 Å². The zero-order valence-electron chi connectivity index (χ0n) is 12.9. The Balaban J connectivity index is 1.59. The van der Waals surface area contributed by atoms with Crippen molar-refractivity contribution >= 4 is 21.8 Å². The van der Waals surface area contributed by atoms with Crippen molar-refractivity contribution in [3.8, 4) is 0 Å². The van der Waals surface area contributed by atoms with Gasteiger partial charge in [0.25, 0.3) is 5.91 Å². The summed E-state index contributed by atoms with van der Waals surface area (Å²) < 4.78 is 15.5. The molecule has 0 atom stereocenters. The fourth-order valence-electron chi connectivity index (χ4n) is 2.80. The van der Waals surface area contributed by atoms with Gasteiger partial charge in [-0.1, -0.05) is 12.1 Å². The number of aryl methyl sites for hydroxylation is 1. The first-order valence-electron chi connectivity index (χ1n) is 7.48. The van der Waals surface area contributed by atoms with Crippen LogP contribution in [-0.4, -0.2) is 51.7 Å².